The smallest absolute Gasteiger partial charge is 0.236 e. The van der Waals surface area contributed by atoms with E-state index in [2.05, 4.69) is 4.90 Å². The number of carbonyl (C=O) groups is 2. The quantitative estimate of drug-likeness (QED) is 0.858. The fourth-order valence-electron chi connectivity index (χ4n) is 2.66. The maximum atomic E-state index is 12.4. The standard InChI is InChI=1S/C15H22ClN3O2S/c1-2-18(9-12-5-6-13(16)22-12)10-14(20)19-7-3-4-11(8-19)15(17)21/h5-6,11H,2-4,7-10H2,1H3,(H2,17,21). The zero-order valence-electron chi connectivity index (χ0n) is 12.8. The summed E-state index contributed by atoms with van der Waals surface area (Å²) in [6.45, 7) is 5.06. The predicted octanol–water partition coefficient (Wildman–Crippen LogP) is 1.95. The Kier molecular flexibility index (Phi) is 6.23. The van der Waals surface area contributed by atoms with Gasteiger partial charge < -0.3 is 10.6 Å². The van der Waals surface area contributed by atoms with Gasteiger partial charge in [0.15, 0.2) is 0 Å². The molecule has 0 aliphatic carbocycles. The second-order valence-electron chi connectivity index (χ2n) is 5.59. The first-order valence-corrected chi connectivity index (χ1v) is 8.72. The molecule has 22 heavy (non-hydrogen) atoms. The van der Waals surface area contributed by atoms with Crippen molar-refractivity contribution in [3.63, 3.8) is 0 Å². The molecule has 2 rings (SSSR count). The van der Waals surface area contributed by atoms with E-state index in [0.29, 0.717) is 26.2 Å². The fourth-order valence-corrected chi connectivity index (χ4v) is 3.79. The Hall–Kier alpha value is -1.11. The van der Waals surface area contributed by atoms with Crippen molar-refractivity contribution in [2.45, 2.75) is 26.3 Å². The molecule has 0 aromatic carbocycles. The van der Waals surface area contributed by atoms with E-state index in [-0.39, 0.29) is 17.7 Å². The van der Waals surface area contributed by atoms with Gasteiger partial charge in [-0.05, 0) is 31.5 Å². The van der Waals surface area contributed by atoms with Crippen molar-refractivity contribution in [1.29, 1.82) is 0 Å². The fraction of sp³-hybridized carbons (Fsp3) is 0.600. The molecule has 0 spiro atoms. The first-order valence-electron chi connectivity index (χ1n) is 7.53. The van der Waals surface area contributed by atoms with E-state index in [1.165, 1.54) is 11.3 Å². The molecule has 1 fully saturated rings. The molecule has 2 N–H and O–H groups in total. The molecule has 1 aromatic heterocycles. The van der Waals surface area contributed by atoms with Crippen LogP contribution in [0.3, 0.4) is 0 Å². The van der Waals surface area contributed by atoms with Crippen LogP contribution in [0.15, 0.2) is 12.1 Å². The maximum absolute atomic E-state index is 12.4. The third-order valence-corrected chi connectivity index (χ3v) is 5.21. The van der Waals surface area contributed by atoms with Crippen molar-refractivity contribution in [3.8, 4) is 0 Å². The molecule has 1 unspecified atom stereocenters. The van der Waals surface area contributed by atoms with Gasteiger partial charge in [-0.25, -0.2) is 0 Å². The van der Waals surface area contributed by atoms with Crippen molar-refractivity contribution in [2.75, 3.05) is 26.2 Å². The number of amides is 2. The molecule has 0 radical (unpaired) electrons. The molecule has 1 aliphatic rings. The van der Waals surface area contributed by atoms with E-state index in [4.69, 9.17) is 17.3 Å². The number of thiophene rings is 1. The van der Waals surface area contributed by atoms with E-state index in [1.807, 2.05) is 19.1 Å². The Morgan fingerprint density at radius 1 is 1.50 bits per heavy atom. The summed E-state index contributed by atoms with van der Waals surface area (Å²) in [6, 6.07) is 3.86. The summed E-state index contributed by atoms with van der Waals surface area (Å²) < 4.78 is 0.762. The van der Waals surface area contributed by atoms with E-state index >= 15 is 0 Å². The van der Waals surface area contributed by atoms with Gasteiger partial charge in [-0.1, -0.05) is 18.5 Å². The molecular weight excluding hydrogens is 322 g/mol. The minimum absolute atomic E-state index is 0.0652. The van der Waals surface area contributed by atoms with Crippen LogP contribution >= 0.6 is 22.9 Å². The molecule has 5 nitrogen and oxygen atoms in total. The zero-order chi connectivity index (χ0) is 16.1. The largest absolute Gasteiger partial charge is 0.369 e. The lowest BCUT2D eigenvalue weighted by molar-refractivity contribution is -0.136. The predicted molar refractivity (Wildman–Crippen MR) is 88.8 cm³/mol. The summed E-state index contributed by atoms with van der Waals surface area (Å²) in [7, 11) is 0. The normalized spacial score (nSPS) is 18.7. The molecule has 7 heteroatoms. The SMILES string of the molecule is CCN(CC(=O)N1CCCC(C(N)=O)C1)Cc1ccc(Cl)s1. The molecule has 1 aromatic rings. The first-order chi connectivity index (χ1) is 10.5. The summed E-state index contributed by atoms with van der Waals surface area (Å²) in [5.74, 6) is -0.447. The highest BCUT2D eigenvalue weighted by Crippen LogP contribution is 2.23. The molecule has 0 saturated carbocycles. The van der Waals surface area contributed by atoms with Gasteiger partial charge in [0.1, 0.15) is 0 Å². The van der Waals surface area contributed by atoms with Crippen LogP contribution in [0.1, 0.15) is 24.6 Å². The molecule has 2 heterocycles. The number of halogens is 1. The van der Waals surface area contributed by atoms with Gasteiger partial charge in [0.25, 0.3) is 0 Å². The van der Waals surface area contributed by atoms with Gasteiger partial charge in [-0.2, -0.15) is 0 Å². The molecule has 122 valence electrons. The van der Waals surface area contributed by atoms with Crippen LogP contribution in [0.25, 0.3) is 0 Å². The van der Waals surface area contributed by atoms with Crippen molar-refractivity contribution >= 4 is 34.8 Å². The van der Waals surface area contributed by atoms with Crippen molar-refractivity contribution in [1.82, 2.24) is 9.80 Å². The highest BCUT2D eigenvalue weighted by atomic mass is 35.5. The van der Waals surface area contributed by atoms with E-state index in [1.54, 1.807) is 4.90 Å². The zero-order valence-corrected chi connectivity index (χ0v) is 14.3. The molecule has 1 saturated heterocycles. The summed E-state index contributed by atoms with van der Waals surface area (Å²) >= 11 is 7.48. The Morgan fingerprint density at radius 3 is 2.86 bits per heavy atom. The Bertz CT molecular complexity index is 535. The average Bonchev–Trinajstić information content (AvgIpc) is 2.91. The Labute approximate surface area is 140 Å². The van der Waals surface area contributed by atoms with E-state index in [9.17, 15) is 9.59 Å². The second kappa shape index (κ2) is 7.94. The number of likely N-dealkylation sites (tertiary alicyclic amines) is 1. The van der Waals surface area contributed by atoms with E-state index in [0.717, 1.165) is 28.6 Å². The topological polar surface area (TPSA) is 66.6 Å². The lowest BCUT2D eigenvalue weighted by Gasteiger charge is -2.32. The molecule has 1 aliphatic heterocycles. The van der Waals surface area contributed by atoms with Crippen LogP contribution < -0.4 is 5.73 Å². The monoisotopic (exact) mass is 343 g/mol. The number of likely N-dealkylation sites (N-methyl/N-ethyl adjacent to an activating group) is 1. The van der Waals surface area contributed by atoms with Gasteiger partial charge >= 0.3 is 0 Å². The number of nitrogens with two attached hydrogens (primary N) is 1. The third kappa shape index (κ3) is 4.69. The summed E-state index contributed by atoms with van der Waals surface area (Å²) in [4.78, 5) is 28.7. The number of primary amides is 1. The molecule has 0 bridgehead atoms. The summed E-state index contributed by atoms with van der Waals surface area (Å²) in [6.07, 6.45) is 1.62. The van der Waals surface area contributed by atoms with Crippen molar-refractivity contribution in [3.05, 3.63) is 21.3 Å². The second-order valence-corrected chi connectivity index (χ2v) is 7.39. The van der Waals surface area contributed by atoms with Gasteiger partial charge in [-0.15, -0.1) is 11.3 Å². The summed E-state index contributed by atoms with van der Waals surface area (Å²) in [5, 5.41) is 0. The Morgan fingerprint density at radius 2 is 2.27 bits per heavy atom. The van der Waals surface area contributed by atoms with Crippen LogP contribution in [0.2, 0.25) is 4.34 Å². The minimum atomic E-state index is -0.307. The third-order valence-electron chi connectivity index (χ3n) is 3.99. The molecule has 2 amide bonds. The van der Waals surface area contributed by atoms with Crippen LogP contribution in [0.4, 0.5) is 0 Å². The maximum Gasteiger partial charge on any atom is 0.236 e. The van der Waals surface area contributed by atoms with Gasteiger partial charge in [0, 0.05) is 24.5 Å². The van der Waals surface area contributed by atoms with Crippen LogP contribution in [0.5, 0.6) is 0 Å². The van der Waals surface area contributed by atoms with Gasteiger partial charge in [0.2, 0.25) is 11.8 Å². The lowest BCUT2D eigenvalue weighted by atomic mass is 9.97. The number of nitrogens with zero attached hydrogens (tertiary/aromatic N) is 2. The highest BCUT2D eigenvalue weighted by Gasteiger charge is 2.27. The van der Waals surface area contributed by atoms with Crippen molar-refractivity contribution < 1.29 is 9.59 Å². The van der Waals surface area contributed by atoms with Crippen LogP contribution in [-0.2, 0) is 16.1 Å². The van der Waals surface area contributed by atoms with Crippen LogP contribution in [0, 0.1) is 5.92 Å². The average molecular weight is 344 g/mol. The van der Waals surface area contributed by atoms with Crippen LogP contribution in [-0.4, -0.2) is 47.8 Å². The number of carbonyl (C=O) groups excluding carboxylic acids is 2. The first kappa shape index (κ1) is 17.2. The highest BCUT2D eigenvalue weighted by molar-refractivity contribution is 7.16. The molecular formula is C15H22ClN3O2S. The minimum Gasteiger partial charge on any atom is -0.369 e. The number of rotatable bonds is 6. The van der Waals surface area contributed by atoms with Gasteiger partial charge in [0.05, 0.1) is 16.8 Å². The Balaban J connectivity index is 1.89. The molecule has 1 atom stereocenters. The van der Waals surface area contributed by atoms with Crippen molar-refractivity contribution in [2.24, 2.45) is 11.7 Å². The summed E-state index contributed by atoms with van der Waals surface area (Å²) in [5.41, 5.74) is 5.36. The number of hydrogen-bond donors (Lipinski definition) is 1. The van der Waals surface area contributed by atoms with Gasteiger partial charge in [-0.3, -0.25) is 14.5 Å². The number of piperidine rings is 1. The lowest BCUT2D eigenvalue weighted by Crippen LogP contribution is -2.47. The number of hydrogen-bond acceptors (Lipinski definition) is 4. The van der Waals surface area contributed by atoms with E-state index < -0.39 is 0 Å².